The number of pyridine rings is 1. The summed E-state index contributed by atoms with van der Waals surface area (Å²) < 4.78 is 0. The Hall–Kier alpha value is -1.91. The Morgan fingerprint density at radius 1 is 1.04 bits per heavy atom. The van der Waals surface area contributed by atoms with Crippen molar-refractivity contribution < 1.29 is 9.59 Å². The number of carbonyl (C=O) groups excluding carboxylic acids is 2. The van der Waals surface area contributed by atoms with Gasteiger partial charge < -0.3 is 9.80 Å². The Bertz CT molecular complexity index is 617. The van der Waals surface area contributed by atoms with Crippen LogP contribution in [0.4, 0.5) is 0 Å². The van der Waals surface area contributed by atoms with Crippen molar-refractivity contribution in [2.24, 2.45) is 11.8 Å². The van der Waals surface area contributed by atoms with Crippen LogP contribution in [0.2, 0.25) is 0 Å². The second-order valence-corrected chi connectivity index (χ2v) is 7.96. The summed E-state index contributed by atoms with van der Waals surface area (Å²) in [7, 11) is 0. The highest BCUT2D eigenvalue weighted by atomic mass is 16.2. The Labute approximate surface area is 156 Å². The summed E-state index contributed by atoms with van der Waals surface area (Å²) in [6.07, 6.45) is 9.83. The zero-order valence-corrected chi connectivity index (χ0v) is 16.1. The van der Waals surface area contributed by atoms with Crippen LogP contribution >= 0.6 is 0 Å². The fraction of sp³-hybridized carbons (Fsp3) is 0.667. The first-order valence-electron chi connectivity index (χ1n) is 10.1. The van der Waals surface area contributed by atoms with Crippen molar-refractivity contribution in [3.8, 4) is 0 Å². The lowest BCUT2D eigenvalue weighted by molar-refractivity contribution is -0.144. The van der Waals surface area contributed by atoms with Gasteiger partial charge in [0.05, 0.1) is 12.0 Å². The molecule has 5 nitrogen and oxygen atoms in total. The van der Waals surface area contributed by atoms with E-state index >= 15 is 0 Å². The number of nitrogens with zero attached hydrogens (tertiary/aromatic N) is 3. The lowest BCUT2D eigenvalue weighted by atomic mass is 9.93. The van der Waals surface area contributed by atoms with Gasteiger partial charge in [-0.3, -0.25) is 14.6 Å². The van der Waals surface area contributed by atoms with E-state index < -0.39 is 0 Å². The molecule has 26 heavy (non-hydrogen) atoms. The first-order valence-corrected chi connectivity index (χ1v) is 10.1. The van der Waals surface area contributed by atoms with E-state index in [-0.39, 0.29) is 29.7 Å². The summed E-state index contributed by atoms with van der Waals surface area (Å²) in [6, 6.07) is 4.21. The molecule has 5 heteroatoms. The van der Waals surface area contributed by atoms with Crippen molar-refractivity contribution >= 4 is 11.8 Å². The van der Waals surface area contributed by atoms with E-state index in [9.17, 15) is 9.59 Å². The fourth-order valence-electron chi connectivity index (χ4n) is 4.28. The van der Waals surface area contributed by atoms with Gasteiger partial charge in [-0.2, -0.15) is 0 Å². The molecule has 0 N–H and O–H groups in total. The zero-order valence-electron chi connectivity index (χ0n) is 16.1. The van der Waals surface area contributed by atoms with Crippen molar-refractivity contribution in [1.29, 1.82) is 0 Å². The summed E-state index contributed by atoms with van der Waals surface area (Å²) in [5.41, 5.74) is 1.18. The molecule has 2 aliphatic rings. The van der Waals surface area contributed by atoms with Gasteiger partial charge in [-0.05, 0) is 43.4 Å². The third-order valence-electron chi connectivity index (χ3n) is 5.70. The van der Waals surface area contributed by atoms with Gasteiger partial charge >= 0.3 is 0 Å². The third-order valence-corrected chi connectivity index (χ3v) is 5.70. The van der Waals surface area contributed by atoms with E-state index in [0.29, 0.717) is 6.54 Å². The Balaban J connectivity index is 1.76. The molecule has 0 aromatic carbocycles. The zero-order chi connectivity index (χ0) is 18.5. The topological polar surface area (TPSA) is 53.5 Å². The Morgan fingerprint density at radius 2 is 1.81 bits per heavy atom. The molecule has 3 rings (SSSR count). The van der Waals surface area contributed by atoms with E-state index in [1.165, 1.54) is 12.0 Å². The summed E-state index contributed by atoms with van der Waals surface area (Å²) in [6.45, 7) is 6.05. The fourth-order valence-corrected chi connectivity index (χ4v) is 4.28. The Morgan fingerprint density at radius 3 is 2.54 bits per heavy atom. The van der Waals surface area contributed by atoms with Crippen LogP contribution in [-0.2, 0) is 9.59 Å². The van der Waals surface area contributed by atoms with E-state index in [1.54, 1.807) is 0 Å². The van der Waals surface area contributed by atoms with Gasteiger partial charge in [-0.1, -0.05) is 26.7 Å². The number of carbonyl (C=O) groups is 2. The van der Waals surface area contributed by atoms with Gasteiger partial charge in [-0.15, -0.1) is 0 Å². The number of piperidine rings is 1. The van der Waals surface area contributed by atoms with Crippen molar-refractivity contribution in [3.63, 3.8) is 0 Å². The molecular weight excluding hydrogens is 326 g/mol. The lowest BCUT2D eigenvalue weighted by Crippen LogP contribution is -2.48. The highest BCUT2D eigenvalue weighted by Crippen LogP contribution is 2.32. The molecular formula is C21H31N3O2. The molecule has 142 valence electrons. The minimum Gasteiger partial charge on any atom is -0.342 e. The van der Waals surface area contributed by atoms with Gasteiger partial charge in [-0.25, -0.2) is 0 Å². The van der Waals surface area contributed by atoms with E-state index in [0.717, 1.165) is 45.2 Å². The molecule has 2 fully saturated rings. The summed E-state index contributed by atoms with van der Waals surface area (Å²) in [5, 5.41) is 0. The molecule has 0 saturated carbocycles. The third kappa shape index (κ3) is 4.25. The van der Waals surface area contributed by atoms with E-state index in [4.69, 9.17) is 0 Å². The maximum Gasteiger partial charge on any atom is 0.227 e. The normalized spacial score (nSPS) is 24.4. The molecule has 0 unspecified atom stereocenters. The predicted molar refractivity (Wildman–Crippen MR) is 101 cm³/mol. The maximum absolute atomic E-state index is 13.4. The highest BCUT2D eigenvalue weighted by Gasteiger charge is 2.35. The van der Waals surface area contributed by atoms with Gasteiger partial charge in [0.25, 0.3) is 0 Å². The SMILES string of the molecule is CC(C)C(=O)N1CCC[C@H](C(=O)N2CCCCC[C@H]2c2ccncc2)C1. The van der Waals surface area contributed by atoms with Crippen LogP contribution in [-0.4, -0.2) is 46.2 Å². The highest BCUT2D eigenvalue weighted by molar-refractivity contribution is 5.82. The van der Waals surface area contributed by atoms with Crippen molar-refractivity contribution in [2.45, 2.75) is 58.4 Å². The Kier molecular flexibility index (Phi) is 6.28. The molecule has 3 heterocycles. The average molecular weight is 357 g/mol. The molecule has 0 aliphatic carbocycles. The monoisotopic (exact) mass is 357 g/mol. The second-order valence-electron chi connectivity index (χ2n) is 7.96. The van der Waals surface area contributed by atoms with Gasteiger partial charge in [0, 0.05) is 37.9 Å². The number of amides is 2. The number of aromatic nitrogens is 1. The molecule has 2 saturated heterocycles. The minimum atomic E-state index is -0.0612. The average Bonchev–Trinajstić information content (AvgIpc) is 2.93. The van der Waals surface area contributed by atoms with Crippen LogP contribution in [0.5, 0.6) is 0 Å². The number of hydrogen-bond acceptors (Lipinski definition) is 3. The van der Waals surface area contributed by atoms with Crippen molar-refractivity contribution in [1.82, 2.24) is 14.8 Å². The molecule has 2 atom stereocenters. The molecule has 1 aromatic heterocycles. The van der Waals surface area contributed by atoms with Crippen LogP contribution in [0.25, 0.3) is 0 Å². The lowest BCUT2D eigenvalue weighted by Gasteiger charge is -2.38. The van der Waals surface area contributed by atoms with Crippen LogP contribution < -0.4 is 0 Å². The van der Waals surface area contributed by atoms with Gasteiger partial charge in [0.1, 0.15) is 0 Å². The summed E-state index contributed by atoms with van der Waals surface area (Å²) in [5.74, 6) is 0.333. The summed E-state index contributed by atoms with van der Waals surface area (Å²) in [4.78, 5) is 33.9. The number of rotatable bonds is 3. The first kappa shape index (κ1) is 18.9. The molecule has 2 aliphatic heterocycles. The molecule has 0 bridgehead atoms. The molecule has 0 spiro atoms. The largest absolute Gasteiger partial charge is 0.342 e. The predicted octanol–water partition coefficient (Wildman–Crippen LogP) is 3.42. The second kappa shape index (κ2) is 8.65. The van der Waals surface area contributed by atoms with Gasteiger partial charge in [0.15, 0.2) is 0 Å². The molecule has 0 radical (unpaired) electrons. The van der Waals surface area contributed by atoms with Crippen LogP contribution in [0.1, 0.15) is 64.0 Å². The maximum atomic E-state index is 13.4. The standard InChI is InChI=1S/C21H31N3O2/c1-16(2)20(25)23-13-6-7-18(15-23)21(26)24-14-5-3-4-8-19(24)17-9-11-22-12-10-17/h9-12,16,18-19H,3-8,13-15H2,1-2H3/t18-,19-/m0/s1. The molecule has 2 amide bonds. The van der Waals surface area contributed by atoms with E-state index in [1.807, 2.05) is 43.3 Å². The van der Waals surface area contributed by atoms with Crippen LogP contribution in [0, 0.1) is 11.8 Å². The quantitative estimate of drug-likeness (QED) is 0.833. The molecule has 1 aromatic rings. The smallest absolute Gasteiger partial charge is 0.227 e. The first-order chi connectivity index (χ1) is 12.6. The van der Waals surface area contributed by atoms with Crippen molar-refractivity contribution in [3.05, 3.63) is 30.1 Å². The summed E-state index contributed by atoms with van der Waals surface area (Å²) >= 11 is 0. The van der Waals surface area contributed by atoms with Crippen molar-refractivity contribution in [2.75, 3.05) is 19.6 Å². The number of hydrogen-bond donors (Lipinski definition) is 0. The van der Waals surface area contributed by atoms with Crippen LogP contribution in [0.15, 0.2) is 24.5 Å². The minimum absolute atomic E-state index is 0.00777. The van der Waals surface area contributed by atoms with E-state index in [2.05, 4.69) is 9.88 Å². The number of likely N-dealkylation sites (tertiary alicyclic amines) is 2. The van der Waals surface area contributed by atoms with Crippen LogP contribution in [0.3, 0.4) is 0 Å². The van der Waals surface area contributed by atoms with Gasteiger partial charge in [0.2, 0.25) is 11.8 Å².